The van der Waals surface area contributed by atoms with Gasteiger partial charge in [-0.15, -0.1) is 6.58 Å². The molecular formula is C39H39N5O6. The van der Waals surface area contributed by atoms with Gasteiger partial charge in [-0.2, -0.15) is 5.26 Å². The molecule has 1 aliphatic carbocycles. The van der Waals surface area contributed by atoms with Crippen LogP contribution >= 0.6 is 0 Å². The SMILES string of the molecule is C=C[C@H]1CC1(NC(=O)[C@@H]1C[C@@H](Oc2cc(-c3ccccc3)nc3cc(OC)ccc23)CN1C(=O)[C@@H](Nc1ccc(C#N)cc1)C(C)C)C(=O)O. The number of carboxylic acid groups (broad SMARTS) is 1. The molecular weight excluding hydrogens is 634 g/mol. The third-order valence-corrected chi connectivity index (χ3v) is 9.49. The number of carbonyl (C=O) groups is 3. The zero-order chi connectivity index (χ0) is 35.6. The van der Waals surface area contributed by atoms with Gasteiger partial charge in [0.05, 0.1) is 36.5 Å². The number of ether oxygens (including phenoxy) is 2. The number of nitrogens with zero attached hydrogens (tertiary/aromatic N) is 3. The number of anilines is 1. The second-order valence-corrected chi connectivity index (χ2v) is 13.1. The Morgan fingerprint density at radius 3 is 2.46 bits per heavy atom. The molecule has 50 heavy (non-hydrogen) atoms. The summed E-state index contributed by atoms with van der Waals surface area (Å²) < 4.78 is 12.1. The monoisotopic (exact) mass is 673 g/mol. The summed E-state index contributed by atoms with van der Waals surface area (Å²) in [6, 6.07) is 24.2. The number of fused-ring (bicyclic) bond motifs is 1. The van der Waals surface area contributed by atoms with Crippen LogP contribution in [0.5, 0.6) is 11.5 Å². The first-order valence-electron chi connectivity index (χ1n) is 16.5. The fourth-order valence-corrected chi connectivity index (χ4v) is 6.54. The number of rotatable bonds is 12. The van der Waals surface area contributed by atoms with E-state index < -0.39 is 41.5 Å². The minimum Gasteiger partial charge on any atom is -0.497 e. The van der Waals surface area contributed by atoms with Crippen LogP contribution in [0, 0.1) is 23.2 Å². The number of aliphatic carboxylic acids is 1. The van der Waals surface area contributed by atoms with E-state index in [1.807, 2.05) is 68.4 Å². The topological polar surface area (TPSA) is 154 Å². The number of pyridine rings is 1. The molecule has 2 heterocycles. The van der Waals surface area contributed by atoms with Crippen molar-refractivity contribution in [2.45, 2.75) is 50.4 Å². The van der Waals surface area contributed by atoms with Crippen LogP contribution in [0.4, 0.5) is 5.69 Å². The van der Waals surface area contributed by atoms with E-state index >= 15 is 0 Å². The third-order valence-electron chi connectivity index (χ3n) is 9.49. The Bertz CT molecular complexity index is 1980. The first kappa shape index (κ1) is 34.0. The molecule has 3 aromatic carbocycles. The molecule has 1 unspecified atom stereocenters. The van der Waals surface area contributed by atoms with E-state index in [1.54, 1.807) is 31.4 Å². The molecule has 1 aliphatic heterocycles. The molecule has 6 rings (SSSR count). The van der Waals surface area contributed by atoms with Crippen molar-refractivity contribution in [2.24, 2.45) is 11.8 Å². The molecule has 11 nitrogen and oxygen atoms in total. The van der Waals surface area contributed by atoms with Crippen LogP contribution in [0.15, 0.2) is 91.5 Å². The molecule has 2 fully saturated rings. The highest BCUT2D eigenvalue weighted by atomic mass is 16.5. The molecule has 0 bridgehead atoms. The van der Waals surface area contributed by atoms with Gasteiger partial charge in [0, 0.05) is 41.1 Å². The van der Waals surface area contributed by atoms with Gasteiger partial charge in [0.1, 0.15) is 35.2 Å². The highest BCUT2D eigenvalue weighted by Crippen LogP contribution is 2.45. The fourth-order valence-electron chi connectivity index (χ4n) is 6.54. The summed E-state index contributed by atoms with van der Waals surface area (Å²) in [7, 11) is 1.59. The molecule has 4 aromatic rings. The summed E-state index contributed by atoms with van der Waals surface area (Å²) >= 11 is 0. The van der Waals surface area contributed by atoms with Gasteiger partial charge in [-0.25, -0.2) is 9.78 Å². The maximum atomic E-state index is 14.4. The van der Waals surface area contributed by atoms with E-state index in [-0.39, 0.29) is 31.2 Å². The van der Waals surface area contributed by atoms with Crippen molar-refractivity contribution in [1.82, 2.24) is 15.2 Å². The zero-order valence-electron chi connectivity index (χ0n) is 28.1. The first-order valence-corrected chi connectivity index (χ1v) is 16.5. The smallest absolute Gasteiger partial charge is 0.330 e. The number of aromatic nitrogens is 1. The number of hydrogen-bond donors (Lipinski definition) is 3. The summed E-state index contributed by atoms with van der Waals surface area (Å²) in [6.07, 6.45) is 1.28. The van der Waals surface area contributed by atoms with Crippen LogP contribution in [0.2, 0.25) is 0 Å². The number of nitrogens with one attached hydrogen (secondary N) is 2. The Balaban J connectivity index is 1.34. The van der Waals surface area contributed by atoms with Gasteiger partial charge >= 0.3 is 5.97 Å². The number of carbonyl (C=O) groups excluding carboxylic acids is 2. The van der Waals surface area contributed by atoms with Crippen molar-refractivity contribution in [1.29, 1.82) is 5.26 Å². The molecule has 11 heteroatoms. The number of benzene rings is 3. The van der Waals surface area contributed by atoms with Crippen molar-refractivity contribution >= 4 is 34.4 Å². The number of methoxy groups -OCH3 is 1. The largest absolute Gasteiger partial charge is 0.497 e. The molecule has 0 radical (unpaired) electrons. The molecule has 1 saturated heterocycles. The molecule has 3 N–H and O–H groups in total. The maximum Gasteiger partial charge on any atom is 0.330 e. The van der Waals surface area contributed by atoms with Gasteiger partial charge in [-0.05, 0) is 48.7 Å². The lowest BCUT2D eigenvalue weighted by atomic mass is 10.0. The van der Waals surface area contributed by atoms with Gasteiger partial charge in [-0.3, -0.25) is 9.59 Å². The second kappa shape index (κ2) is 13.9. The molecule has 1 saturated carbocycles. The second-order valence-electron chi connectivity index (χ2n) is 13.1. The fraction of sp³-hybridized carbons (Fsp3) is 0.308. The molecule has 256 valence electrons. The van der Waals surface area contributed by atoms with E-state index in [9.17, 15) is 24.8 Å². The Morgan fingerprint density at radius 2 is 1.84 bits per heavy atom. The van der Waals surface area contributed by atoms with Gasteiger partial charge in [-0.1, -0.05) is 50.3 Å². The minimum absolute atomic E-state index is 0.0841. The zero-order valence-corrected chi connectivity index (χ0v) is 28.1. The molecule has 1 aromatic heterocycles. The van der Waals surface area contributed by atoms with E-state index in [2.05, 4.69) is 23.3 Å². The molecule has 2 aliphatic rings. The minimum atomic E-state index is -1.46. The Morgan fingerprint density at radius 1 is 1.10 bits per heavy atom. The Labute approximate surface area is 290 Å². The number of nitriles is 1. The van der Waals surface area contributed by atoms with Crippen molar-refractivity contribution in [3.05, 3.63) is 97.1 Å². The quantitative estimate of drug-likeness (QED) is 0.168. The predicted molar refractivity (Wildman–Crippen MR) is 188 cm³/mol. The Hall–Kier alpha value is -5.89. The van der Waals surface area contributed by atoms with Crippen molar-refractivity contribution < 1.29 is 29.0 Å². The lowest BCUT2D eigenvalue weighted by molar-refractivity contribution is -0.145. The van der Waals surface area contributed by atoms with Gasteiger partial charge in [0.15, 0.2) is 0 Å². The standard InChI is InChI=1S/C39H39N5O6/c1-5-26-20-39(26,38(47)48)43-36(45)33-18-29(22-44(33)37(46)35(23(2)3)41-27-13-11-24(21-40)12-14-27)50-34-19-31(25-9-7-6-8-10-25)42-32-17-28(49-4)15-16-30(32)34/h5-17,19,23,26,29,33,35,41H,1,18,20,22H2,2-4H3,(H,43,45)(H,47,48)/t26-,29+,33-,35-,39?/m0/s1. The normalized spacial score (nSPS) is 21.6. The van der Waals surface area contributed by atoms with Gasteiger partial charge in [0.25, 0.3) is 0 Å². The van der Waals surface area contributed by atoms with Crippen molar-refractivity contribution in [3.63, 3.8) is 0 Å². The lowest BCUT2D eigenvalue weighted by Crippen LogP contribution is -2.55. The number of likely N-dealkylation sites (tertiary alicyclic amines) is 1. The average Bonchev–Trinajstić information content (AvgIpc) is 3.69. The van der Waals surface area contributed by atoms with Gasteiger partial charge < -0.3 is 30.1 Å². The lowest BCUT2D eigenvalue weighted by Gasteiger charge is -2.31. The van der Waals surface area contributed by atoms with Crippen molar-refractivity contribution in [2.75, 3.05) is 19.0 Å². The van der Waals surface area contributed by atoms with Crippen LogP contribution in [-0.2, 0) is 14.4 Å². The van der Waals surface area contributed by atoms with E-state index in [0.717, 1.165) is 10.9 Å². The summed E-state index contributed by atoms with van der Waals surface area (Å²) in [5.74, 6) is -1.48. The first-order chi connectivity index (χ1) is 24.1. The van der Waals surface area contributed by atoms with Crippen LogP contribution in [-0.4, -0.2) is 70.2 Å². The van der Waals surface area contributed by atoms with Crippen LogP contribution < -0.4 is 20.1 Å². The highest BCUT2D eigenvalue weighted by molar-refractivity contribution is 5.96. The van der Waals surface area contributed by atoms with Gasteiger partial charge in [0.2, 0.25) is 11.8 Å². The number of hydrogen-bond acceptors (Lipinski definition) is 8. The number of carboxylic acids is 1. The molecule has 2 amide bonds. The highest BCUT2D eigenvalue weighted by Gasteiger charge is 2.61. The predicted octanol–water partition coefficient (Wildman–Crippen LogP) is 5.41. The van der Waals surface area contributed by atoms with Crippen LogP contribution in [0.1, 0.15) is 32.3 Å². The van der Waals surface area contributed by atoms with E-state index in [4.69, 9.17) is 14.5 Å². The molecule has 0 spiro atoms. The maximum absolute atomic E-state index is 14.4. The average molecular weight is 674 g/mol. The number of amides is 2. The van der Waals surface area contributed by atoms with E-state index in [0.29, 0.717) is 34.0 Å². The third kappa shape index (κ3) is 6.69. The summed E-state index contributed by atoms with van der Waals surface area (Å²) in [6.45, 7) is 7.61. The van der Waals surface area contributed by atoms with Crippen LogP contribution in [0.25, 0.3) is 22.2 Å². The molecule has 5 atom stereocenters. The van der Waals surface area contributed by atoms with Crippen LogP contribution in [0.3, 0.4) is 0 Å². The summed E-state index contributed by atoms with van der Waals surface area (Å²) in [5.41, 5.74) is 1.89. The van der Waals surface area contributed by atoms with E-state index in [1.165, 1.54) is 11.0 Å². The van der Waals surface area contributed by atoms with Crippen molar-refractivity contribution in [3.8, 4) is 28.8 Å². The summed E-state index contributed by atoms with van der Waals surface area (Å²) in [4.78, 5) is 47.0. The Kier molecular flexibility index (Phi) is 9.46. The summed E-state index contributed by atoms with van der Waals surface area (Å²) in [5, 5.41) is 26.0.